The highest BCUT2D eigenvalue weighted by Crippen LogP contribution is 2.33. The molecule has 1 saturated carbocycles. The minimum absolute atomic E-state index is 0.103. The summed E-state index contributed by atoms with van der Waals surface area (Å²) in [6.07, 6.45) is 3.83. The highest BCUT2D eigenvalue weighted by molar-refractivity contribution is 6.06. The molecule has 1 aliphatic carbocycles. The number of anilines is 1. The van der Waals surface area contributed by atoms with Crippen molar-refractivity contribution in [2.24, 2.45) is 5.92 Å². The van der Waals surface area contributed by atoms with E-state index in [2.05, 4.69) is 15.3 Å². The van der Waals surface area contributed by atoms with E-state index in [4.69, 9.17) is 4.74 Å². The van der Waals surface area contributed by atoms with Gasteiger partial charge in [-0.05, 0) is 62.9 Å². The Bertz CT molecular complexity index is 1050. The van der Waals surface area contributed by atoms with Crippen molar-refractivity contribution in [1.82, 2.24) is 20.0 Å². The predicted octanol–water partition coefficient (Wildman–Crippen LogP) is 2.72. The summed E-state index contributed by atoms with van der Waals surface area (Å²) in [5.41, 5.74) is 1.72. The zero-order valence-electron chi connectivity index (χ0n) is 16.5. The van der Waals surface area contributed by atoms with Gasteiger partial charge < -0.3 is 9.64 Å². The van der Waals surface area contributed by atoms with Crippen LogP contribution in [0.25, 0.3) is 5.82 Å². The molecule has 1 aromatic carbocycles. The van der Waals surface area contributed by atoms with Gasteiger partial charge in [0.15, 0.2) is 5.82 Å². The summed E-state index contributed by atoms with van der Waals surface area (Å²) < 4.78 is 7.06. The maximum Gasteiger partial charge on any atom is 0.264 e. The quantitative estimate of drug-likeness (QED) is 0.666. The van der Waals surface area contributed by atoms with E-state index < -0.39 is 0 Å². The van der Waals surface area contributed by atoms with Gasteiger partial charge in [0, 0.05) is 18.3 Å². The standard InChI is InChI=1S/C21H23N5O3/c1-3-29-17-8-6-16(7-9-17)25(13-15-4-5-15)21(28)18-12-22-26(14(18)2)19-10-11-20(27)24-23-19/h6-12,15H,3-5,13H2,1-2H3,(H,24,27). The lowest BCUT2D eigenvalue weighted by Gasteiger charge is -2.23. The molecule has 0 aliphatic heterocycles. The maximum absolute atomic E-state index is 13.4. The van der Waals surface area contributed by atoms with Gasteiger partial charge in [-0.1, -0.05) is 0 Å². The third-order valence-corrected chi connectivity index (χ3v) is 4.96. The van der Waals surface area contributed by atoms with E-state index in [1.807, 2.05) is 43.0 Å². The Morgan fingerprint density at radius 1 is 1.24 bits per heavy atom. The van der Waals surface area contributed by atoms with Crippen LogP contribution in [0.5, 0.6) is 5.75 Å². The van der Waals surface area contributed by atoms with Gasteiger partial charge in [0.2, 0.25) is 0 Å². The minimum Gasteiger partial charge on any atom is -0.494 e. The average Bonchev–Trinajstić information content (AvgIpc) is 3.47. The number of H-pyrrole nitrogens is 1. The summed E-state index contributed by atoms with van der Waals surface area (Å²) in [6, 6.07) is 10.5. The van der Waals surface area contributed by atoms with Crippen LogP contribution in [0.2, 0.25) is 0 Å². The number of amides is 1. The van der Waals surface area contributed by atoms with Gasteiger partial charge in [0.25, 0.3) is 11.5 Å². The number of rotatable bonds is 7. The predicted molar refractivity (Wildman–Crippen MR) is 109 cm³/mol. The molecule has 1 aliphatic rings. The Morgan fingerprint density at radius 2 is 2.00 bits per heavy atom. The first-order valence-corrected chi connectivity index (χ1v) is 9.72. The molecule has 0 saturated heterocycles. The SMILES string of the molecule is CCOc1ccc(N(CC2CC2)C(=O)c2cnn(-c3ccc(=O)[nH]n3)c2C)cc1. The van der Waals surface area contributed by atoms with Crippen LogP contribution in [-0.2, 0) is 0 Å². The molecule has 150 valence electrons. The third kappa shape index (κ3) is 4.06. The van der Waals surface area contributed by atoms with Crippen LogP contribution in [0, 0.1) is 12.8 Å². The Labute approximate surface area is 168 Å². The van der Waals surface area contributed by atoms with Crippen molar-refractivity contribution >= 4 is 11.6 Å². The molecular weight excluding hydrogens is 370 g/mol. The van der Waals surface area contributed by atoms with E-state index in [0.29, 0.717) is 36.1 Å². The molecule has 29 heavy (non-hydrogen) atoms. The van der Waals surface area contributed by atoms with Gasteiger partial charge in [-0.25, -0.2) is 9.78 Å². The van der Waals surface area contributed by atoms with E-state index >= 15 is 0 Å². The van der Waals surface area contributed by atoms with Crippen molar-refractivity contribution in [3.8, 4) is 11.6 Å². The zero-order valence-corrected chi connectivity index (χ0v) is 16.5. The second-order valence-corrected chi connectivity index (χ2v) is 7.12. The van der Waals surface area contributed by atoms with Gasteiger partial charge in [0.1, 0.15) is 5.75 Å². The van der Waals surface area contributed by atoms with E-state index in [0.717, 1.165) is 24.3 Å². The number of carbonyl (C=O) groups is 1. The maximum atomic E-state index is 13.4. The van der Waals surface area contributed by atoms with Crippen molar-refractivity contribution in [2.45, 2.75) is 26.7 Å². The Hall–Kier alpha value is -3.42. The smallest absolute Gasteiger partial charge is 0.264 e. The molecule has 0 spiro atoms. The van der Waals surface area contributed by atoms with Gasteiger partial charge >= 0.3 is 0 Å². The highest BCUT2D eigenvalue weighted by atomic mass is 16.5. The number of aromatic nitrogens is 4. The fourth-order valence-corrected chi connectivity index (χ4v) is 3.20. The molecule has 2 aromatic heterocycles. The number of carbonyl (C=O) groups excluding carboxylic acids is 1. The lowest BCUT2D eigenvalue weighted by atomic mass is 10.2. The van der Waals surface area contributed by atoms with Gasteiger partial charge in [-0.15, -0.1) is 0 Å². The number of ether oxygens (including phenoxy) is 1. The molecule has 1 amide bonds. The summed E-state index contributed by atoms with van der Waals surface area (Å²) >= 11 is 0. The first-order chi connectivity index (χ1) is 14.1. The lowest BCUT2D eigenvalue weighted by Crippen LogP contribution is -2.33. The van der Waals surface area contributed by atoms with Crippen LogP contribution in [0.15, 0.2) is 47.4 Å². The number of aromatic amines is 1. The van der Waals surface area contributed by atoms with Gasteiger partial charge in [0.05, 0.1) is 24.1 Å². The van der Waals surface area contributed by atoms with Crippen molar-refractivity contribution in [3.63, 3.8) is 0 Å². The van der Waals surface area contributed by atoms with Gasteiger partial charge in [-0.2, -0.15) is 10.2 Å². The van der Waals surface area contributed by atoms with Crippen LogP contribution in [-0.4, -0.2) is 39.0 Å². The summed E-state index contributed by atoms with van der Waals surface area (Å²) in [5.74, 6) is 1.66. The van der Waals surface area contributed by atoms with Gasteiger partial charge in [-0.3, -0.25) is 9.59 Å². The third-order valence-electron chi connectivity index (χ3n) is 4.96. The van der Waals surface area contributed by atoms with E-state index in [-0.39, 0.29) is 11.5 Å². The number of hydrogen-bond acceptors (Lipinski definition) is 5. The summed E-state index contributed by atoms with van der Waals surface area (Å²) in [5, 5.41) is 10.7. The Morgan fingerprint density at radius 3 is 2.62 bits per heavy atom. The summed E-state index contributed by atoms with van der Waals surface area (Å²) in [7, 11) is 0. The molecular formula is C21H23N5O3. The molecule has 2 heterocycles. The molecule has 1 fully saturated rings. The van der Waals surface area contributed by atoms with Crippen LogP contribution in [0.3, 0.4) is 0 Å². The number of hydrogen-bond donors (Lipinski definition) is 1. The second kappa shape index (κ2) is 7.90. The molecule has 1 N–H and O–H groups in total. The largest absolute Gasteiger partial charge is 0.494 e. The Balaban J connectivity index is 1.64. The fraction of sp³-hybridized carbons (Fsp3) is 0.333. The second-order valence-electron chi connectivity index (χ2n) is 7.12. The molecule has 3 aromatic rings. The average molecular weight is 393 g/mol. The molecule has 0 unspecified atom stereocenters. The number of benzene rings is 1. The normalized spacial score (nSPS) is 13.3. The van der Waals surface area contributed by atoms with E-state index in [1.165, 1.54) is 6.07 Å². The van der Waals surface area contributed by atoms with E-state index in [9.17, 15) is 9.59 Å². The molecule has 4 rings (SSSR count). The highest BCUT2D eigenvalue weighted by Gasteiger charge is 2.30. The van der Waals surface area contributed by atoms with Crippen LogP contribution >= 0.6 is 0 Å². The Kier molecular flexibility index (Phi) is 5.16. The molecule has 8 nitrogen and oxygen atoms in total. The minimum atomic E-state index is -0.291. The molecule has 0 bridgehead atoms. The monoisotopic (exact) mass is 393 g/mol. The topological polar surface area (TPSA) is 93.1 Å². The van der Waals surface area contributed by atoms with Crippen LogP contribution < -0.4 is 15.2 Å². The van der Waals surface area contributed by atoms with Crippen molar-refractivity contribution in [2.75, 3.05) is 18.1 Å². The molecule has 0 atom stereocenters. The first-order valence-electron chi connectivity index (χ1n) is 9.72. The van der Waals surface area contributed by atoms with Crippen molar-refractivity contribution in [1.29, 1.82) is 0 Å². The van der Waals surface area contributed by atoms with Crippen molar-refractivity contribution < 1.29 is 9.53 Å². The number of nitrogens with zero attached hydrogens (tertiary/aromatic N) is 4. The van der Waals surface area contributed by atoms with Crippen LogP contribution in [0.1, 0.15) is 35.8 Å². The summed E-state index contributed by atoms with van der Waals surface area (Å²) in [6.45, 7) is 5.03. The van der Waals surface area contributed by atoms with E-state index in [1.54, 1.807) is 16.9 Å². The lowest BCUT2D eigenvalue weighted by molar-refractivity contribution is 0.0985. The van der Waals surface area contributed by atoms with Crippen LogP contribution in [0.4, 0.5) is 5.69 Å². The number of nitrogens with one attached hydrogen (secondary N) is 1. The fourth-order valence-electron chi connectivity index (χ4n) is 3.20. The zero-order chi connectivity index (χ0) is 20.4. The summed E-state index contributed by atoms with van der Waals surface area (Å²) in [4.78, 5) is 26.5. The first kappa shape index (κ1) is 18.9. The molecule has 8 heteroatoms. The van der Waals surface area contributed by atoms with Crippen molar-refractivity contribution in [3.05, 3.63) is 64.2 Å². The molecule has 0 radical (unpaired) electrons.